The maximum Gasteiger partial charge on any atom is 0.413 e. The zero-order valence-corrected chi connectivity index (χ0v) is 25.1. The Morgan fingerprint density at radius 2 is 1.51 bits per heavy atom. The summed E-state index contributed by atoms with van der Waals surface area (Å²) in [5.41, 5.74) is -2.17. The lowest BCUT2D eigenvalue weighted by molar-refractivity contribution is -0.141. The van der Waals surface area contributed by atoms with E-state index in [0.29, 0.717) is 4.57 Å². The molecule has 4 heterocycles. The molecule has 6 N–H and O–H groups in total. The average Bonchev–Trinajstić information content (AvgIpc) is 3.38. The van der Waals surface area contributed by atoms with E-state index < -0.39 is 97.9 Å². The van der Waals surface area contributed by atoms with Crippen molar-refractivity contribution in [3.8, 4) is 0 Å². The van der Waals surface area contributed by atoms with Gasteiger partial charge in [0, 0.05) is 12.4 Å². The number of aromatic nitrogens is 4. The lowest BCUT2D eigenvalue weighted by atomic mass is 10.1. The summed E-state index contributed by atoms with van der Waals surface area (Å²) in [5, 5.41) is 43.8. The van der Waals surface area contributed by atoms with Crippen LogP contribution in [0.5, 0.6) is 0 Å². The molecule has 47 heavy (non-hydrogen) atoms. The number of carbonyl (C=O) groups is 2. The highest BCUT2D eigenvalue weighted by atomic mass is 19.3. The van der Waals surface area contributed by atoms with Gasteiger partial charge in [0.05, 0.1) is 25.9 Å². The Balaban J connectivity index is 1.26. The number of aliphatic hydroxyl groups is 4. The standard InChI is InChI=1S/C26H34F2N6O13/c1-11(2)44-24(41)31-16-5-7-34(23(40)30-16)21-26(27,28)19(38)14(47-21)10-43-9-12(3)45-25(42)32-15-4-6-33(22(39)29-15)20-18(37)17(36)13(8-35)46-20/h4-7,11-14,17-21,35-38H,8-10H2,1-3H3,(H,29,32,39,42)(H,30,31,40,41)/t12?,13-,14-,17-,18+,19?,20-,21-/m1/s1. The van der Waals surface area contributed by atoms with Crippen molar-refractivity contribution >= 4 is 23.8 Å². The van der Waals surface area contributed by atoms with Crippen molar-refractivity contribution in [1.29, 1.82) is 0 Å². The maximum atomic E-state index is 14.9. The fraction of sp³-hybridized carbons (Fsp3) is 0.615. The number of carbonyl (C=O) groups excluding carboxylic acids is 2. The van der Waals surface area contributed by atoms with Crippen LogP contribution in [0.3, 0.4) is 0 Å². The van der Waals surface area contributed by atoms with E-state index in [1.807, 2.05) is 0 Å². The molecule has 19 nitrogen and oxygen atoms in total. The molecule has 21 heteroatoms. The number of hydrogen-bond acceptors (Lipinski definition) is 15. The van der Waals surface area contributed by atoms with Crippen LogP contribution in [0, 0.1) is 0 Å². The molecule has 2 unspecified atom stereocenters. The predicted octanol–water partition coefficient (Wildman–Crippen LogP) is -1.08. The molecular weight excluding hydrogens is 642 g/mol. The fourth-order valence-corrected chi connectivity index (χ4v) is 4.60. The highest BCUT2D eigenvalue weighted by Crippen LogP contribution is 2.42. The van der Waals surface area contributed by atoms with Gasteiger partial charge in [-0.3, -0.25) is 19.8 Å². The predicted molar refractivity (Wildman–Crippen MR) is 150 cm³/mol. The van der Waals surface area contributed by atoms with Gasteiger partial charge in [0.15, 0.2) is 12.3 Å². The van der Waals surface area contributed by atoms with Crippen molar-refractivity contribution in [1.82, 2.24) is 19.1 Å². The van der Waals surface area contributed by atoms with Gasteiger partial charge in [0.1, 0.15) is 42.2 Å². The largest absolute Gasteiger partial charge is 0.447 e. The SMILES string of the molecule is CC(C)OC(=O)Nc1ccn([C@@H]2O[C@H](COCC(C)OC(=O)Nc3ccn([C@@H]4O[C@H](CO)[C@@H](O)[C@@H]4O)c(=O)n3)C(O)C2(F)F)c(=O)n1. The van der Waals surface area contributed by atoms with Crippen molar-refractivity contribution in [2.75, 3.05) is 30.5 Å². The first-order chi connectivity index (χ1) is 22.1. The Morgan fingerprint density at radius 3 is 2.04 bits per heavy atom. The molecule has 0 aliphatic carbocycles. The van der Waals surface area contributed by atoms with E-state index >= 15 is 0 Å². The van der Waals surface area contributed by atoms with E-state index in [9.17, 15) is 48.4 Å². The first kappa shape index (κ1) is 35.7. The number of ether oxygens (including phenoxy) is 5. The summed E-state index contributed by atoms with van der Waals surface area (Å²) in [6.07, 6.45) is -13.0. The van der Waals surface area contributed by atoms with E-state index in [1.54, 1.807) is 13.8 Å². The maximum absolute atomic E-state index is 14.9. The van der Waals surface area contributed by atoms with E-state index in [2.05, 4.69) is 20.6 Å². The summed E-state index contributed by atoms with van der Waals surface area (Å²) < 4.78 is 56.8. The van der Waals surface area contributed by atoms with Crippen LogP contribution in [0.15, 0.2) is 34.1 Å². The van der Waals surface area contributed by atoms with Gasteiger partial charge in [-0.2, -0.15) is 18.7 Å². The van der Waals surface area contributed by atoms with E-state index in [4.69, 9.17) is 23.7 Å². The van der Waals surface area contributed by atoms with Crippen LogP contribution in [0.4, 0.5) is 30.0 Å². The highest BCUT2D eigenvalue weighted by Gasteiger charge is 2.59. The summed E-state index contributed by atoms with van der Waals surface area (Å²) in [6, 6.07) is 2.25. The molecule has 0 radical (unpaired) electrons. The second-order valence-corrected chi connectivity index (χ2v) is 10.8. The molecule has 2 saturated heterocycles. The number of anilines is 2. The average molecular weight is 677 g/mol. The van der Waals surface area contributed by atoms with Crippen LogP contribution >= 0.6 is 0 Å². The summed E-state index contributed by atoms with van der Waals surface area (Å²) in [4.78, 5) is 56.0. The Bertz CT molecular complexity index is 1540. The minimum atomic E-state index is -3.95. The third-order valence-electron chi connectivity index (χ3n) is 6.83. The first-order valence-corrected chi connectivity index (χ1v) is 14.2. The van der Waals surface area contributed by atoms with Gasteiger partial charge in [-0.05, 0) is 32.9 Å². The molecule has 8 atom stereocenters. The van der Waals surface area contributed by atoms with Gasteiger partial charge >= 0.3 is 29.5 Å². The summed E-state index contributed by atoms with van der Waals surface area (Å²) in [7, 11) is 0. The zero-order valence-electron chi connectivity index (χ0n) is 25.1. The Kier molecular flexibility index (Phi) is 11.2. The van der Waals surface area contributed by atoms with Crippen molar-refractivity contribution in [3.63, 3.8) is 0 Å². The van der Waals surface area contributed by atoms with Crippen molar-refractivity contribution in [2.24, 2.45) is 0 Å². The summed E-state index contributed by atoms with van der Waals surface area (Å²) >= 11 is 0. The van der Waals surface area contributed by atoms with Gasteiger partial charge in [-0.1, -0.05) is 0 Å². The quantitative estimate of drug-likeness (QED) is 0.165. The molecule has 0 saturated carbocycles. The molecule has 2 fully saturated rings. The van der Waals surface area contributed by atoms with Gasteiger partial charge in [0.25, 0.3) is 0 Å². The van der Waals surface area contributed by atoms with E-state index in [-0.39, 0.29) is 18.2 Å². The van der Waals surface area contributed by atoms with Crippen molar-refractivity contribution in [3.05, 3.63) is 45.5 Å². The number of aliphatic hydroxyl groups excluding tert-OH is 4. The number of amides is 2. The Labute approximate surface area is 263 Å². The molecule has 0 aromatic carbocycles. The van der Waals surface area contributed by atoms with E-state index in [0.717, 1.165) is 23.0 Å². The molecule has 4 rings (SSSR count). The molecule has 2 aromatic rings. The normalized spacial score (nSPS) is 27.4. The molecule has 2 aliphatic rings. The Morgan fingerprint density at radius 1 is 0.936 bits per heavy atom. The van der Waals surface area contributed by atoms with Gasteiger partial charge < -0.3 is 44.1 Å². The van der Waals surface area contributed by atoms with Crippen LogP contribution in [-0.2, 0) is 23.7 Å². The third kappa shape index (κ3) is 8.25. The Hall–Kier alpha value is -4.12. The van der Waals surface area contributed by atoms with Crippen molar-refractivity contribution < 1.29 is 62.5 Å². The van der Waals surface area contributed by atoms with E-state index in [1.165, 1.54) is 13.0 Å². The van der Waals surface area contributed by atoms with Crippen LogP contribution in [0.2, 0.25) is 0 Å². The van der Waals surface area contributed by atoms with Crippen LogP contribution in [0.1, 0.15) is 33.2 Å². The summed E-state index contributed by atoms with van der Waals surface area (Å²) in [6.45, 7) is 3.05. The zero-order chi connectivity index (χ0) is 34.6. The lowest BCUT2D eigenvalue weighted by Crippen LogP contribution is -2.42. The number of nitrogens with one attached hydrogen (secondary N) is 2. The van der Waals surface area contributed by atoms with Crippen molar-refractivity contribution in [2.45, 2.75) is 81.9 Å². The minimum absolute atomic E-state index is 0.240. The number of nitrogens with zero attached hydrogens (tertiary/aromatic N) is 4. The molecule has 0 spiro atoms. The second-order valence-electron chi connectivity index (χ2n) is 10.8. The smallest absolute Gasteiger partial charge is 0.413 e. The molecular formula is C26H34F2N6O13. The van der Waals surface area contributed by atoms with Gasteiger partial charge in [-0.15, -0.1) is 0 Å². The molecule has 2 amide bonds. The number of alkyl halides is 2. The first-order valence-electron chi connectivity index (χ1n) is 14.2. The number of hydrogen-bond donors (Lipinski definition) is 6. The molecule has 0 bridgehead atoms. The lowest BCUT2D eigenvalue weighted by Gasteiger charge is -2.21. The molecule has 2 aliphatic heterocycles. The highest BCUT2D eigenvalue weighted by molar-refractivity contribution is 5.83. The van der Waals surface area contributed by atoms with Gasteiger partial charge in [0.2, 0.25) is 6.23 Å². The topological polar surface area (TPSA) is 255 Å². The minimum Gasteiger partial charge on any atom is -0.447 e. The number of halogens is 2. The second kappa shape index (κ2) is 14.8. The molecule has 260 valence electrons. The van der Waals surface area contributed by atoms with Gasteiger partial charge in [-0.25, -0.2) is 19.2 Å². The third-order valence-corrected chi connectivity index (χ3v) is 6.83. The van der Waals surface area contributed by atoms with Crippen LogP contribution < -0.4 is 22.0 Å². The molecule has 2 aromatic heterocycles. The summed E-state index contributed by atoms with van der Waals surface area (Å²) in [5.74, 6) is -4.44. The fourth-order valence-electron chi connectivity index (χ4n) is 4.60. The van der Waals surface area contributed by atoms with Crippen LogP contribution in [0.25, 0.3) is 0 Å². The van der Waals surface area contributed by atoms with Crippen LogP contribution in [-0.4, -0.2) is 120 Å². The monoisotopic (exact) mass is 676 g/mol. The number of rotatable bonds is 11.